The van der Waals surface area contributed by atoms with Crippen molar-refractivity contribution in [1.82, 2.24) is 9.97 Å². The van der Waals surface area contributed by atoms with E-state index in [0.29, 0.717) is 11.6 Å². The molecule has 1 heterocycles. The van der Waals surface area contributed by atoms with E-state index in [1.54, 1.807) is 6.07 Å². The van der Waals surface area contributed by atoms with Gasteiger partial charge in [0.05, 0.1) is 6.54 Å². The summed E-state index contributed by atoms with van der Waals surface area (Å²) in [6.07, 6.45) is 1.45. The zero-order valence-corrected chi connectivity index (χ0v) is 11.9. The van der Waals surface area contributed by atoms with E-state index in [2.05, 4.69) is 36.5 Å². The maximum absolute atomic E-state index is 10.9. The molecule has 0 aliphatic rings. The largest absolute Gasteiger partial charge is 0.363 e. The minimum Gasteiger partial charge on any atom is -0.363 e. The molecule has 2 rings (SSSR count). The van der Waals surface area contributed by atoms with Crippen LogP contribution in [0.25, 0.3) is 0 Å². The van der Waals surface area contributed by atoms with Crippen LogP contribution < -0.4 is 10.6 Å². The number of hydrogen-bond donors (Lipinski definition) is 2. The molecule has 19 heavy (non-hydrogen) atoms. The Kier molecular flexibility index (Phi) is 4.46. The second-order valence-corrected chi connectivity index (χ2v) is 4.90. The summed E-state index contributed by atoms with van der Waals surface area (Å²) < 4.78 is 0.987. The number of nitrogens with one attached hydrogen (secondary N) is 2. The lowest BCUT2D eigenvalue weighted by molar-refractivity contribution is -0.115. The maximum Gasteiger partial charge on any atom is 0.148 e. The van der Waals surface area contributed by atoms with Crippen molar-refractivity contribution in [3.8, 4) is 0 Å². The van der Waals surface area contributed by atoms with Crippen LogP contribution in [0.15, 0.2) is 41.1 Å². The third-order valence-corrected chi connectivity index (χ3v) is 2.78. The molecule has 0 spiro atoms. The first kappa shape index (κ1) is 13.5. The second-order valence-electron chi connectivity index (χ2n) is 3.98. The van der Waals surface area contributed by atoms with Crippen LogP contribution in [0.2, 0.25) is 0 Å². The fourth-order valence-corrected chi connectivity index (χ4v) is 1.85. The summed E-state index contributed by atoms with van der Waals surface area (Å²) in [6.45, 7) is 1.78. The van der Waals surface area contributed by atoms with E-state index in [1.165, 1.54) is 13.3 Å². The molecule has 0 radical (unpaired) electrons. The summed E-state index contributed by atoms with van der Waals surface area (Å²) in [5.74, 6) is 1.34. The summed E-state index contributed by atoms with van der Waals surface area (Å²) in [7, 11) is 0. The van der Waals surface area contributed by atoms with Gasteiger partial charge in [-0.05, 0) is 25.1 Å². The van der Waals surface area contributed by atoms with Gasteiger partial charge in [-0.25, -0.2) is 9.97 Å². The van der Waals surface area contributed by atoms with Crippen LogP contribution in [0.1, 0.15) is 6.92 Å². The van der Waals surface area contributed by atoms with E-state index < -0.39 is 0 Å². The van der Waals surface area contributed by atoms with Gasteiger partial charge in [-0.3, -0.25) is 4.79 Å². The van der Waals surface area contributed by atoms with Crippen LogP contribution in [-0.2, 0) is 4.79 Å². The number of rotatable bonds is 5. The van der Waals surface area contributed by atoms with Crippen molar-refractivity contribution in [2.45, 2.75) is 6.92 Å². The van der Waals surface area contributed by atoms with Crippen LogP contribution in [0.4, 0.5) is 17.3 Å². The summed E-state index contributed by atoms with van der Waals surface area (Å²) in [5, 5.41) is 6.10. The fraction of sp³-hybridized carbons (Fsp3) is 0.154. The minimum absolute atomic E-state index is 0.0557. The number of anilines is 3. The monoisotopic (exact) mass is 320 g/mol. The Bertz CT molecular complexity index is 588. The molecule has 1 aromatic carbocycles. The Morgan fingerprint density at radius 2 is 2.05 bits per heavy atom. The Labute approximate surface area is 119 Å². The third-order valence-electron chi connectivity index (χ3n) is 2.28. The lowest BCUT2D eigenvalue weighted by atomic mass is 10.3. The molecule has 2 N–H and O–H groups in total. The van der Waals surface area contributed by atoms with Crippen molar-refractivity contribution in [3.63, 3.8) is 0 Å². The van der Waals surface area contributed by atoms with Gasteiger partial charge in [0, 0.05) is 16.2 Å². The summed E-state index contributed by atoms with van der Waals surface area (Å²) >= 11 is 3.41. The van der Waals surface area contributed by atoms with E-state index in [4.69, 9.17) is 0 Å². The fourth-order valence-electron chi connectivity index (χ4n) is 1.45. The highest BCUT2D eigenvalue weighted by Crippen LogP contribution is 2.19. The minimum atomic E-state index is 0.0557. The molecule has 0 saturated heterocycles. The van der Waals surface area contributed by atoms with Crippen molar-refractivity contribution >= 4 is 39.0 Å². The number of benzene rings is 1. The molecular weight excluding hydrogens is 308 g/mol. The van der Waals surface area contributed by atoms with Crippen LogP contribution in [-0.4, -0.2) is 22.3 Å². The SMILES string of the molecule is CC(=O)CNc1cc(Nc2cccc(Br)c2)ncn1. The quantitative estimate of drug-likeness (QED) is 0.886. The summed E-state index contributed by atoms with van der Waals surface area (Å²) in [4.78, 5) is 19.1. The number of carbonyl (C=O) groups excluding carboxylic acids is 1. The molecule has 0 bridgehead atoms. The highest BCUT2D eigenvalue weighted by Gasteiger charge is 2.01. The number of hydrogen-bond acceptors (Lipinski definition) is 5. The van der Waals surface area contributed by atoms with Gasteiger partial charge in [0.1, 0.15) is 23.7 Å². The summed E-state index contributed by atoms with van der Waals surface area (Å²) in [5.41, 5.74) is 0.922. The average molecular weight is 321 g/mol. The molecule has 1 aromatic heterocycles. The van der Waals surface area contributed by atoms with Gasteiger partial charge in [-0.1, -0.05) is 22.0 Å². The predicted octanol–water partition coefficient (Wildman–Crippen LogP) is 2.98. The average Bonchev–Trinajstić information content (AvgIpc) is 2.37. The zero-order chi connectivity index (χ0) is 13.7. The molecular formula is C13H13BrN4O. The van der Waals surface area contributed by atoms with Gasteiger partial charge in [0.15, 0.2) is 0 Å². The van der Waals surface area contributed by atoms with Crippen molar-refractivity contribution < 1.29 is 4.79 Å². The molecule has 0 atom stereocenters. The van der Waals surface area contributed by atoms with E-state index >= 15 is 0 Å². The highest BCUT2D eigenvalue weighted by molar-refractivity contribution is 9.10. The number of Topliss-reactive ketones (excluding diaryl/α,β-unsaturated/α-hetero) is 1. The van der Waals surface area contributed by atoms with Crippen LogP contribution >= 0.6 is 15.9 Å². The molecule has 98 valence electrons. The normalized spacial score (nSPS) is 10.0. The predicted molar refractivity (Wildman–Crippen MR) is 78.6 cm³/mol. The van der Waals surface area contributed by atoms with Crippen molar-refractivity contribution in [2.75, 3.05) is 17.2 Å². The molecule has 0 unspecified atom stereocenters. The van der Waals surface area contributed by atoms with Gasteiger partial charge in [-0.2, -0.15) is 0 Å². The lowest BCUT2D eigenvalue weighted by Gasteiger charge is -2.08. The molecule has 0 aliphatic heterocycles. The summed E-state index contributed by atoms with van der Waals surface area (Å²) in [6, 6.07) is 9.53. The Hall–Kier alpha value is -1.95. The topological polar surface area (TPSA) is 66.9 Å². The first-order valence-corrected chi connectivity index (χ1v) is 6.51. The number of nitrogens with zero attached hydrogens (tertiary/aromatic N) is 2. The first-order chi connectivity index (χ1) is 9.13. The number of halogens is 1. The van der Waals surface area contributed by atoms with E-state index in [-0.39, 0.29) is 12.3 Å². The Balaban J connectivity index is 2.08. The number of aromatic nitrogens is 2. The molecule has 0 aliphatic carbocycles. The molecule has 5 nitrogen and oxygen atoms in total. The highest BCUT2D eigenvalue weighted by atomic mass is 79.9. The van der Waals surface area contributed by atoms with Gasteiger partial charge >= 0.3 is 0 Å². The third kappa shape index (κ3) is 4.33. The molecule has 0 amide bonds. The van der Waals surface area contributed by atoms with Gasteiger partial charge in [0.25, 0.3) is 0 Å². The van der Waals surface area contributed by atoms with Gasteiger partial charge < -0.3 is 10.6 Å². The molecule has 0 saturated carbocycles. The van der Waals surface area contributed by atoms with Crippen molar-refractivity contribution in [2.24, 2.45) is 0 Å². The molecule has 0 fully saturated rings. The van der Waals surface area contributed by atoms with Crippen LogP contribution in [0.5, 0.6) is 0 Å². The van der Waals surface area contributed by atoms with Crippen molar-refractivity contribution in [3.05, 3.63) is 41.1 Å². The van der Waals surface area contributed by atoms with Crippen LogP contribution in [0.3, 0.4) is 0 Å². The Morgan fingerprint density at radius 1 is 1.26 bits per heavy atom. The lowest BCUT2D eigenvalue weighted by Crippen LogP contribution is -2.11. The standard InChI is InChI=1S/C13H13BrN4O/c1-9(19)7-15-12-6-13(17-8-16-12)18-11-4-2-3-10(14)5-11/h2-6,8H,7H2,1H3,(H2,15,16,17,18). The number of carbonyl (C=O) groups is 1. The maximum atomic E-state index is 10.9. The van der Waals surface area contributed by atoms with Gasteiger partial charge in [-0.15, -0.1) is 0 Å². The number of ketones is 1. The second kappa shape index (κ2) is 6.29. The van der Waals surface area contributed by atoms with E-state index in [9.17, 15) is 4.79 Å². The van der Waals surface area contributed by atoms with Gasteiger partial charge in [0.2, 0.25) is 0 Å². The van der Waals surface area contributed by atoms with E-state index in [1.807, 2.05) is 24.3 Å². The Morgan fingerprint density at radius 3 is 2.79 bits per heavy atom. The van der Waals surface area contributed by atoms with Crippen molar-refractivity contribution in [1.29, 1.82) is 0 Å². The first-order valence-electron chi connectivity index (χ1n) is 5.71. The van der Waals surface area contributed by atoms with E-state index in [0.717, 1.165) is 10.2 Å². The smallest absolute Gasteiger partial charge is 0.148 e. The zero-order valence-electron chi connectivity index (χ0n) is 10.4. The molecule has 6 heteroatoms. The van der Waals surface area contributed by atoms with Crippen LogP contribution in [0, 0.1) is 0 Å². The molecule has 2 aromatic rings.